The van der Waals surface area contributed by atoms with Crippen molar-refractivity contribution in [2.75, 3.05) is 0 Å². The molecule has 0 amide bonds. The zero-order valence-electron chi connectivity index (χ0n) is 34.7. The minimum Gasteiger partial charge on any atom is -0.264 e. The molecule has 296 valence electrons. The van der Waals surface area contributed by atoms with E-state index in [1.165, 1.54) is 75.8 Å². The lowest BCUT2D eigenvalue weighted by atomic mass is 9.86. The van der Waals surface area contributed by atoms with Crippen LogP contribution in [0.25, 0.3) is 132 Å². The van der Waals surface area contributed by atoms with Crippen molar-refractivity contribution in [1.82, 2.24) is 15.0 Å². The lowest BCUT2D eigenvalue weighted by Crippen LogP contribution is -1.97. The molecule has 0 bridgehead atoms. The van der Waals surface area contributed by atoms with Crippen molar-refractivity contribution < 1.29 is 0 Å². The number of nitrogens with zero attached hydrogens (tertiary/aromatic N) is 3. The van der Waals surface area contributed by atoms with Crippen LogP contribution in [-0.4, -0.2) is 15.0 Å². The zero-order valence-corrected chi connectivity index (χ0v) is 34.7. The van der Waals surface area contributed by atoms with E-state index in [-0.39, 0.29) is 0 Å². The number of hydrogen-bond donors (Lipinski definition) is 0. The molecule has 0 spiro atoms. The molecule has 0 aliphatic rings. The van der Waals surface area contributed by atoms with Crippen molar-refractivity contribution >= 4 is 64.6 Å². The van der Waals surface area contributed by atoms with Gasteiger partial charge in [0, 0.05) is 34.6 Å². The van der Waals surface area contributed by atoms with Gasteiger partial charge in [-0.15, -0.1) is 0 Å². The van der Waals surface area contributed by atoms with Crippen LogP contribution in [0.15, 0.2) is 225 Å². The van der Waals surface area contributed by atoms with Gasteiger partial charge in [-0.25, -0.2) is 9.97 Å². The van der Waals surface area contributed by atoms with E-state index in [0.29, 0.717) is 5.82 Å². The maximum Gasteiger partial charge on any atom is 0.160 e. The number of rotatable bonds is 6. The van der Waals surface area contributed by atoms with E-state index in [4.69, 9.17) is 9.97 Å². The molecule has 0 fully saturated rings. The Morgan fingerprint density at radius 3 is 1.47 bits per heavy atom. The molecule has 13 rings (SSSR count). The van der Waals surface area contributed by atoms with Crippen molar-refractivity contribution in [3.63, 3.8) is 0 Å². The van der Waals surface area contributed by atoms with Gasteiger partial charge in [0.05, 0.1) is 11.4 Å². The Kier molecular flexibility index (Phi) is 8.22. The van der Waals surface area contributed by atoms with Crippen LogP contribution < -0.4 is 0 Å². The van der Waals surface area contributed by atoms with Crippen LogP contribution in [-0.2, 0) is 0 Å². The molecular weight excluding hydrogens is 775 g/mol. The van der Waals surface area contributed by atoms with E-state index in [1.807, 2.05) is 30.5 Å². The summed E-state index contributed by atoms with van der Waals surface area (Å²) in [5.41, 5.74) is 11.6. The minimum absolute atomic E-state index is 0.688. The number of fused-ring (bicyclic) bond motifs is 2. The maximum absolute atomic E-state index is 5.15. The molecule has 0 N–H and O–H groups in total. The largest absolute Gasteiger partial charge is 0.264 e. The van der Waals surface area contributed by atoms with E-state index < -0.39 is 0 Å². The van der Waals surface area contributed by atoms with Gasteiger partial charge in [-0.05, 0) is 123 Å². The fraction of sp³-hybridized carbons (Fsp3) is 0. The summed E-state index contributed by atoms with van der Waals surface area (Å²) in [5.74, 6) is 0.688. The molecule has 0 saturated heterocycles. The van der Waals surface area contributed by atoms with Gasteiger partial charge in [0.25, 0.3) is 0 Å². The SMILES string of the molecule is c1ccc(-c2nc(-c3ccc(-c4cccc(-c5cc6ccc7cccc8c9cccc%10ccc%11cccc(c(c5)c6c78)c%11c%109)c4)cc3)cc(-c3ccccc3-c3cccnc3)n2)cc1. The minimum atomic E-state index is 0.688. The summed E-state index contributed by atoms with van der Waals surface area (Å²) in [6.45, 7) is 0. The highest BCUT2D eigenvalue weighted by atomic mass is 14.9. The molecule has 0 atom stereocenters. The Labute approximate surface area is 370 Å². The summed E-state index contributed by atoms with van der Waals surface area (Å²) in [6, 6.07) is 76.9. The normalized spacial score (nSPS) is 11.8. The maximum atomic E-state index is 5.15. The first-order valence-corrected chi connectivity index (χ1v) is 21.8. The van der Waals surface area contributed by atoms with E-state index in [9.17, 15) is 0 Å². The molecule has 64 heavy (non-hydrogen) atoms. The van der Waals surface area contributed by atoms with E-state index in [2.05, 4.69) is 193 Å². The van der Waals surface area contributed by atoms with Gasteiger partial charge in [0.15, 0.2) is 5.82 Å². The molecule has 11 aromatic carbocycles. The monoisotopic (exact) mass is 811 g/mol. The first kappa shape index (κ1) is 36.2. The van der Waals surface area contributed by atoms with Crippen LogP contribution in [0.3, 0.4) is 0 Å². The summed E-state index contributed by atoms with van der Waals surface area (Å²) in [5, 5.41) is 15.4. The zero-order chi connectivity index (χ0) is 42.1. The summed E-state index contributed by atoms with van der Waals surface area (Å²) in [4.78, 5) is 14.7. The van der Waals surface area contributed by atoms with Crippen molar-refractivity contribution in [1.29, 1.82) is 0 Å². The Bertz CT molecular complexity index is 3930. The van der Waals surface area contributed by atoms with Gasteiger partial charge in [-0.2, -0.15) is 0 Å². The number of aromatic nitrogens is 3. The second kappa shape index (κ2) is 14.5. The van der Waals surface area contributed by atoms with E-state index in [0.717, 1.165) is 50.3 Å². The quantitative estimate of drug-likeness (QED) is 0.157. The second-order valence-electron chi connectivity index (χ2n) is 16.7. The molecule has 3 nitrogen and oxygen atoms in total. The first-order valence-electron chi connectivity index (χ1n) is 21.8. The van der Waals surface area contributed by atoms with Crippen LogP contribution >= 0.6 is 0 Å². The highest BCUT2D eigenvalue weighted by Gasteiger charge is 2.18. The highest BCUT2D eigenvalue weighted by Crippen LogP contribution is 2.45. The summed E-state index contributed by atoms with van der Waals surface area (Å²) >= 11 is 0. The van der Waals surface area contributed by atoms with Crippen molar-refractivity contribution in [2.24, 2.45) is 0 Å². The summed E-state index contributed by atoms with van der Waals surface area (Å²) < 4.78 is 0. The van der Waals surface area contributed by atoms with Crippen LogP contribution in [0.5, 0.6) is 0 Å². The predicted octanol–water partition coefficient (Wildman–Crippen LogP) is 16.2. The Balaban J connectivity index is 0.941. The summed E-state index contributed by atoms with van der Waals surface area (Å²) in [7, 11) is 0. The van der Waals surface area contributed by atoms with E-state index in [1.54, 1.807) is 6.20 Å². The van der Waals surface area contributed by atoms with Crippen LogP contribution in [0.1, 0.15) is 0 Å². The Morgan fingerprint density at radius 1 is 0.266 bits per heavy atom. The number of hydrogen-bond acceptors (Lipinski definition) is 3. The lowest BCUT2D eigenvalue weighted by Gasteiger charge is -2.17. The van der Waals surface area contributed by atoms with Crippen molar-refractivity contribution in [2.45, 2.75) is 0 Å². The molecule has 3 heteroatoms. The van der Waals surface area contributed by atoms with E-state index >= 15 is 0 Å². The molecule has 0 saturated carbocycles. The predicted molar refractivity (Wildman–Crippen MR) is 269 cm³/mol. The smallest absolute Gasteiger partial charge is 0.160 e. The third-order valence-electron chi connectivity index (χ3n) is 13.1. The van der Waals surface area contributed by atoms with Crippen LogP contribution in [0.2, 0.25) is 0 Å². The third kappa shape index (κ3) is 5.86. The number of pyridine rings is 1. The van der Waals surface area contributed by atoms with Gasteiger partial charge in [-0.1, -0.05) is 182 Å². The molecule has 0 unspecified atom stereocenters. The second-order valence-corrected chi connectivity index (χ2v) is 16.7. The van der Waals surface area contributed by atoms with Gasteiger partial charge < -0.3 is 0 Å². The molecule has 2 aromatic heterocycles. The fourth-order valence-corrected chi connectivity index (χ4v) is 10.1. The highest BCUT2D eigenvalue weighted by molar-refractivity contribution is 6.37. The van der Waals surface area contributed by atoms with Crippen molar-refractivity contribution in [3.8, 4) is 67.3 Å². The topological polar surface area (TPSA) is 38.7 Å². The lowest BCUT2D eigenvalue weighted by molar-refractivity contribution is 1.18. The average molecular weight is 812 g/mol. The standard InChI is InChI=1S/C61H37N3/c1-2-11-43(12-3-1)61-63-55(36-56(64-61)50-20-5-4-19-49(50)47-18-10-32-62-37-47)39-26-24-38(25-27-39)44-16-6-17-45(33-44)48-34-46-31-30-42-14-8-22-52-51-21-7-13-40-28-29-41-15-9-23-53(59(41)57(40)51)54(35-48)60(46)58(42)52/h1-37H. The summed E-state index contributed by atoms with van der Waals surface area (Å²) in [6.07, 6.45) is 3.71. The fourth-order valence-electron chi connectivity index (χ4n) is 10.1. The Morgan fingerprint density at radius 2 is 0.797 bits per heavy atom. The van der Waals surface area contributed by atoms with Crippen LogP contribution in [0, 0.1) is 0 Å². The van der Waals surface area contributed by atoms with Gasteiger partial charge in [0.1, 0.15) is 0 Å². The van der Waals surface area contributed by atoms with Gasteiger partial charge >= 0.3 is 0 Å². The van der Waals surface area contributed by atoms with Crippen molar-refractivity contribution in [3.05, 3.63) is 225 Å². The first-order chi connectivity index (χ1) is 31.7. The number of benzene rings is 10. The third-order valence-corrected chi connectivity index (χ3v) is 13.1. The molecule has 0 aliphatic carbocycles. The Hall–Kier alpha value is -8.53. The molecule has 0 aliphatic heterocycles. The van der Waals surface area contributed by atoms with Gasteiger partial charge in [0.2, 0.25) is 0 Å². The molecular formula is C61H37N3. The molecule has 0 radical (unpaired) electrons. The molecule has 13 aromatic rings. The molecule has 2 heterocycles. The van der Waals surface area contributed by atoms with Gasteiger partial charge in [-0.3, -0.25) is 4.98 Å². The van der Waals surface area contributed by atoms with Crippen LogP contribution in [0.4, 0.5) is 0 Å². The average Bonchev–Trinajstić information content (AvgIpc) is 3.37.